The molecular formula is C24H26N4O5S. The molecule has 34 heavy (non-hydrogen) atoms. The number of nitrogens with zero attached hydrogens (tertiary/aromatic N) is 3. The first kappa shape index (κ1) is 23.7. The number of amides is 1. The first-order valence-electron chi connectivity index (χ1n) is 11.0. The second-order valence-electron chi connectivity index (χ2n) is 7.93. The fraction of sp³-hybridized carbons (Fsp3) is 0.292. The number of carbonyl (C=O) groups excluding carboxylic acids is 1. The van der Waals surface area contributed by atoms with Crippen molar-refractivity contribution in [1.29, 1.82) is 0 Å². The molecule has 1 amide bonds. The minimum absolute atomic E-state index is 0.181. The topological polar surface area (TPSA) is 111 Å². The highest BCUT2D eigenvalue weighted by molar-refractivity contribution is 7.89. The van der Waals surface area contributed by atoms with Gasteiger partial charge >= 0.3 is 0 Å². The van der Waals surface area contributed by atoms with Gasteiger partial charge in [0.15, 0.2) is 0 Å². The lowest BCUT2D eigenvalue weighted by Crippen LogP contribution is -2.31. The Labute approximate surface area is 198 Å². The lowest BCUT2D eigenvalue weighted by molar-refractivity contribution is 0.0952. The molecule has 0 atom stereocenters. The van der Waals surface area contributed by atoms with Crippen LogP contribution in [0.4, 0.5) is 0 Å². The van der Waals surface area contributed by atoms with E-state index in [1.54, 1.807) is 19.2 Å². The van der Waals surface area contributed by atoms with Gasteiger partial charge in [-0.15, -0.1) is 0 Å². The first-order chi connectivity index (χ1) is 16.4. The molecule has 1 aliphatic heterocycles. The van der Waals surface area contributed by atoms with Crippen LogP contribution in [0.25, 0.3) is 11.3 Å². The molecule has 10 heteroatoms. The van der Waals surface area contributed by atoms with E-state index in [9.17, 15) is 18.0 Å². The van der Waals surface area contributed by atoms with Gasteiger partial charge in [-0.05, 0) is 61.4 Å². The number of nitrogens with one attached hydrogen (secondary N) is 1. The van der Waals surface area contributed by atoms with E-state index in [1.165, 1.54) is 45.5 Å². The average Bonchev–Trinajstić information content (AvgIpc) is 3.41. The summed E-state index contributed by atoms with van der Waals surface area (Å²) in [5.41, 5.74) is 1.47. The van der Waals surface area contributed by atoms with Gasteiger partial charge in [-0.1, -0.05) is 0 Å². The van der Waals surface area contributed by atoms with Crippen LogP contribution in [0.1, 0.15) is 23.2 Å². The molecule has 1 aromatic heterocycles. The van der Waals surface area contributed by atoms with E-state index >= 15 is 0 Å². The summed E-state index contributed by atoms with van der Waals surface area (Å²) in [6, 6.07) is 14.6. The summed E-state index contributed by atoms with van der Waals surface area (Å²) in [7, 11) is -1.93. The minimum atomic E-state index is -3.52. The number of hydrogen-bond acceptors (Lipinski definition) is 6. The van der Waals surface area contributed by atoms with Crippen molar-refractivity contribution in [3.63, 3.8) is 0 Å². The smallest absolute Gasteiger partial charge is 0.253 e. The summed E-state index contributed by atoms with van der Waals surface area (Å²) in [6.45, 7) is 1.53. The number of sulfonamides is 1. The first-order valence-corrected chi connectivity index (χ1v) is 12.4. The Balaban J connectivity index is 1.34. The molecule has 0 spiro atoms. The van der Waals surface area contributed by atoms with Crippen molar-refractivity contribution in [3.8, 4) is 17.0 Å². The van der Waals surface area contributed by atoms with Gasteiger partial charge in [-0.2, -0.15) is 4.31 Å². The number of carbonyl (C=O) groups is 1. The summed E-state index contributed by atoms with van der Waals surface area (Å²) >= 11 is 0. The normalized spacial score (nSPS) is 14.1. The number of benzene rings is 2. The van der Waals surface area contributed by atoms with Gasteiger partial charge in [0, 0.05) is 43.4 Å². The van der Waals surface area contributed by atoms with E-state index in [-0.39, 0.29) is 29.5 Å². The summed E-state index contributed by atoms with van der Waals surface area (Å²) < 4.78 is 33.2. The predicted molar refractivity (Wildman–Crippen MR) is 127 cm³/mol. The van der Waals surface area contributed by atoms with Crippen LogP contribution in [0.3, 0.4) is 0 Å². The molecule has 0 unspecified atom stereocenters. The standard InChI is InChI=1S/C24H26N4O5S/c1-33-20-8-4-18(5-9-20)22-16-23(29)27(17-26-22)15-12-25-24(30)19-6-10-21(11-7-19)34(31,32)28-13-2-3-14-28/h4-11,16-17H,2-3,12-15H2,1H3,(H,25,30). The van der Waals surface area contributed by atoms with Crippen LogP contribution in [-0.4, -0.2) is 54.9 Å². The van der Waals surface area contributed by atoms with E-state index in [4.69, 9.17) is 4.74 Å². The number of methoxy groups -OCH3 is 1. The van der Waals surface area contributed by atoms with E-state index in [1.807, 2.05) is 12.1 Å². The summed E-state index contributed by atoms with van der Waals surface area (Å²) in [5.74, 6) is 0.372. The minimum Gasteiger partial charge on any atom is -0.497 e. The van der Waals surface area contributed by atoms with Crippen molar-refractivity contribution in [2.24, 2.45) is 0 Å². The molecule has 1 N–H and O–H groups in total. The summed E-state index contributed by atoms with van der Waals surface area (Å²) in [4.78, 5) is 29.4. The quantitative estimate of drug-likeness (QED) is 0.527. The van der Waals surface area contributed by atoms with Gasteiger partial charge in [0.25, 0.3) is 11.5 Å². The zero-order chi connectivity index (χ0) is 24.1. The van der Waals surface area contributed by atoms with Gasteiger partial charge in [-0.25, -0.2) is 13.4 Å². The molecule has 1 fully saturated rings. The van der Waals surface area contributed by atoms with Gasteiger partial charge in [0.2, 0.25) is 10.0 Å². The SMILES string of the molecule is COc1ccc(-c2cc(=O)n(CCNC(=O)c3ccc(S(=O)(=O)N4CCCC4)cc3)cn2)cc1. The van der Waals surface area contributed by atoms with Crippen LogP contribution in [0, 0.1) is 0 Å². The molecule has 2 aromatic carbocycles. The molecule has 9 nitrogen and oxygen atoms in total. The molecule has 1 saturated heterocycles. The Kier molecular flexibility index (Phi) is 7.09. The second-order valence-corrected chi connectivity index (χ2v) is 9.86. The molecule has 3 aromatic rings. The molecule has 0 aliphatic carbocycles. The fourth-order valence-electron chi connectivity index (χ4n) is 3.76. The lowest BCUT2D eigenvalue weighted by atomic mass is 10.1. The number of aromatic nitrogens is 2. The maximum Gasteiger partial charge on any atom is 0.253 e. The van der Waals surface area contributed by atoms with Gasteiger partial charge in [-0.3, -0.25) is 14.2 Å². The molecular weight excluding hydrogens is 456 g/mol. The lowest BCUT2D eigenvalue weighted by Gasteiger charge is -2.15. The highest BCUT2D eigenvalue weighted by Gasteiger charge is 2.27. The van der Waals surface area contributed by atoms with Crippen molar-refractivity contribution in [1.82, 2.24) is 19.2 Å². The second kappa shape index (κ2) is 10.2. The van der Waals surface area contributed by atoms with Crippen LogP contribution in [0.15, 0.2) is 70.6 Å². The van der Waals surface area contributed by atoms with Crippen LogP contribution in [-0.2, 0) is 16.6 Å². The van der Waals surface area contributed by atoms with E-state index in [0.717, 1.165) is 24.2 Å². The highest BCUT2D eigenvalue weighted by atomic mass is 32.2. The van der Waals surface area contributed by atoms with Crippen molar-refractivity contribution in [2.45, 2.75) is 24.3 Å². The molecule has 178 valence electrons. The van der Waals surface area contributed by atoms with Crippen molar-refractivity contribution in [3.05, 3.63) is 76.8 Å². The largest absolute Gasteiger partial charge is 0.497 e. The Morgan fingerprint density at radius 2 is 1.74 bits per heavy atom. The van der Waals surface area contributed by atoms with Crippen molar-refractivity contribution < 1.29 is 17.9 Å². The third-order valence-electron chi connectivity index (χ3n) is 5.72. The van der Waals surface area contributed by atoms with Gasteiger partial charge < -0.3 is 10.1 Å². The Bertz CT molecular complexity index is 1310. The zero-order valence-electron chi connectivity index (χ0n) is 18.8. The summed E-state index contributed by atoms with van der Waals surface area (Å²) in [5, 5.41) is 2.75. The van der Waals surface area contributed by atoms with Crippen LogP contribution < -0.4 is 15.6 Å². The monoisotopic (exact) mass is 482 g/mol. The number of rotatable bonds is 8. The van der Waals surface area contributed by atoms with Gasteiger partial charge in [0.1, 0.15) is 5.75 Å². The predicted octanol–water partition coefficient (Wildman–Crippen LogP) is 2.13. The maximum absolute atomic E-state index is 12.6. The number of ether oxygens (including phenoxy) is 1. The molecule has 0 bridgehead atoms. The fourth-order valence-corrected chi connectivity index (χ4v) is 5.28. The van der Waals surface area contributed by atoms with E-state index in [2.05, 4.69) is 10.3 Å². The maximum atomic E-state index is 12.6. The Morgan fingerprint density at radius 3 is 2.35 bits per heavy atom. The van der Waals surface area contributed by atoms with Crippen LogP contribution in [0.2, 0.25) is 0 Å². The van der Waals surface area contributed by atoms with Crippen molar-refractivity contribution >= 4 is 15.9 Å². The Hall–Kier alpha value is -3.50. The van der Waals surface area contributed by atoms with Crippen LogP contribution in [0.5, 0.6) is 5.75 Å². The van der Waals surface area contributed by atoms with E-state index in [0.29, 0.717) is 24.3 Å². The van der Waals surface area contributed by atoms with Crippen LogP contribution >= 0.6 is 0 Å². The van der Waals surface area contributed by atoms with Gasteiger partial charge in [0.05, 0.1) is 24.0 Å². The zero-order valence-corrected chi connectivity index (χ0v) is 19.6. The average molecular weight is 483 g/mol. The highest BCUT2D eigenvalue weighted by Crippen LogP contribution is 2.21. The summed E-state index contributed by atoms with van der Waals surface area (Å²) in [6.07, 6.45) is 3.18. The molecule has 1 aliphatic rings. The molecule has 4 rings (SSSR count). The van der Waals surface area contributed by atoms with Crippen molar-refractivity contribution in [2.75, 3.05) is 26.7 Å². The number of hydrogen-bond donors (Lipinski definition) is 1. The Morgan fingerprint density at radius 1 is 1.06 bits per heavy atom. The third-order valence-corrected chi connectivity index (χ3v) is 7.64. The molecule has 0 saturated carbocycles. The van der Waals surface area contributed by atoms with E-state index < -0.39 is 10.0 Å². The third kappa shape index (κ3) is 5.18. The molecule has 2 heterocycles. The molecule has 0 radical (unpaired) electrons.